The summed E-state index contributed by atoms with van der Waals surface area (Å²) in [4.78, 5) is 0. The highest BCUT2D eigenvalue weighted by atomic mass is 32.9. The number of hydrogen-bond acceptors (Lipinski definition) is 3. The highest BCUT2D eigenvalue weighted by Crippen LogP contribution is 2.53. The van der Waals surface area contributed by atoms with Crippen molar-refractivity contribution in [2.24, 2.45) is 0 Å². The van der Waals surface area contributed by atoms with Crippen molar-refractivity contribution in [1.29, 1.82) is 0 Å². The van der Waals surface area contributed by atoms with Gasteiger partial charge in [0.05, 0.1) is 13.2 Å². The van der Waals surface area contributed by atoms with Crippen LogP contribution in [0.4, 0.5) is 0 Å². The molecule has 0 spiro atoms. The van der Waals surface area contributed by atoms with Crippen molar-refractivity contribution < 1.29 is 9.05 Å². The molecule has 0 bridgehead atoms. The minimum atomic E-state index is -2.23. The molecular weight excluding hydrogens is 247 g/mol. The molecule has 1 atom stereocenters. The first kappa shape index (κ1) is 15.9. The quantitative estimate of drug-likeness (QED) is 0.357. The fraction of sp³-hybridized carbons (Fsp3) is 1.00. The molecule has 0 fully saturated rings. The second-order valence-electron chi connectivity index (χ2n) is 3.49. The number of rotatable bonds is 10. The molecule has 0 radical (unpaired) electrons. The summed E-state index contributed by atoms with van der Waals surface area (Å²) in [5.41, 5.74) is -2.23. The summed E-state index contributed by atoms with van der Waals surface area (Å²) in [5.74, 6) is 0. The van der Waals surface area contributed by atoms with Gasteiger partial charge in [0.25, 0.3) is 0 Å². The summed E-state index contributed by atoms with van der Waals surface area (Å²) in [5, 5.41) is 0. The van der Waals surface area contributed by atoms with Crippen molar-refractivity contribution in [3.63, 3.8) is 0 Å². The Morgan fingerprint density at radius 2 is 1.60 bits per heavy atom. The third-order valence-electron chi connectivity index (χ3n) is 2.04. The van der Waals surface area contributed by atoms with E-state index in [4.69, 9.17) is 20.9 Å². The molecule has 1 unspecified atom stereocenters. The molecule has 92 valence electrons. The fourth-order valence-electron chi connectivity index (χ4n) is 1.26. The van der Waals surface area contributed by atoms with Crippen LogP contribution in [-0.4, -0.2) is 13.2 Å². The standard InChI is InChI=1S/C10H23O2PS2/c1-3-5-6-7-8-9-10-12-13(14,15)11-4-2/h3-10H2,1-2H3,(H,14,15). The van der Waals surface area contributed by atoms with Crippen molar-refractivity contribution in [3.05, 3.63) is 0 Å². The number of thiol groups is 1. The molecule has 0 aliphatic carbocycles. The lowest BCUT2D eigenvalue weighted by Crippen LogP contribution is -1.93. The van der Waals surface area contributed by atoms with Crippen LogP contribution in [0.1, 0.15) is 52.4 Å². The van der Waals surface area contributed by atoms with Gasteiger partial charge >= 0.3 is 0 Å². The summed E-state index contributed by atoms with van der Waals surface area (Å²) in [6.07, 6.45) is 7.53. The van der Waals surface area contributed by atoms with Crippen LogP contribution < -0.4 is 0 Å². The van der Waals surface area contributed by atoms with Gasteiger partial charge < -0.3 is 9.05 Å². The first-order valence-electron chi connectivity index (χ1n) is 5.74. The van der Waals surface area contributed by atoms with Crippen LogP contribution in [0.2, 0.25) is 0 Å². The van der Waals surface area contributed by atoms with Gasteiger partial charge in [0.2, 0.25) is 5.69 Å². The lowest BCUT2D eigenvalue weighted by atomic mass is 10.1. The Balaban J connectivity index is 3.26. The summed E-state index contributed by atoms with van der Waals surface area (Å²) in [7, 11) is 0. The van der Waals surface area contributed by atoms with Crippen molar-refractivity contribution in [2.75, 3.05) is 13.2 Å². The second kappa shape index (κ2) is 10.1. The molecule has 0 saturated heterocycles. The smallest absolute Gasteiger partial charge is 0.244 e. The molecule has 0 saturated carbocycles. The normalized spacial score (nSPS) is 15.1. The topological polar surface area (TPSA) is 18.5 Å². The van der Waals surface area contributed by atoms with E-state index in [1.54, 1.807) is 0 Å². The summed E-state index contributed by atoms with van der Waals surface area (Å²) in [6, 6.07) is 0. The van der Waals surface area contributed by atoms with Gasteiger partial charge in [-0.3, -0.25) is 0 Å². The largest absolute Gasteiger partial charge is 0.322 e. The van der Waals surface area contributed by atoms with Gasteiger partial charge in [-0.05, 0) is 25.2 Å². The number of hydrogen-bond donors (Lipinski definition) is 1. The van der Waals surface area contributed by atoms with Gasteiger partial charge in [-0.15, -0.1) is 0 Å². The minimum absolute atomic E-state index is 0.581. The Hall–Kier alpha value is 0.920. The van der Waals surface area contributed by atoms with E-state index in [0.29, 0.717) is 13.2 Å². The van der Waals surface area contributed by atoms with Crippen LogP contribution in [-0.2, 0) is 20.9 Å². The van der Waals surface area contributed by atoms with Crippen LogP contribution >= 0.6 is 17.9 Å². The molecule has 0 aromatic heterocycles. The highest BCUT2D eigenvalue weighted by Gasteiger charge is 2.10. The summed E-state index contributed by atoms with van der Waals surface area (Å²) < 4.78 is 10.7. The fourth-order valence-corrected chi connectivity index (χ4v) is 3.15. The van der Waals surface area contributed by atoms with E-state index in [0.717, 1.165) is 6.42 Å². The highest BCUT2D eigenvalue weighted by molar-refractivity contribution is 8.60. The van der Waals surface area contributed by atoms with Gasteiger partial charge in [-0.2, -0.15) is 0 Å². The molecule has 0 aromatic rings. The Labute approximate surface area is 104 Å². The maximum Gasteiger partial charge on any atom is 0.244 e. The molecule has 0 rings (SSSR count). The Morgan fingerprint density at radius 1 is 1.00 bits per heavy atom. The monoisotopic (exact) mass is 270 g/mol. The molecular formula is C10H23O2PS2. The van der Waals surface area contributed by atoms with Crippen molar-refractivity contribution in [1.82, 2.24) is 0 Å². The maximum atomic E-state index is 5.44. The molecule has 0 amide bonds. The Kier molecular flexibility index (Phi) is 10.7. The van der Waals surface area contributed by atoms with Crippen LogP contribution in [0.5, 0.6) is 0 Å². The van der Waals surface area contributed by atoms with Gasteiger partial charge in [0.1, 0.15) is 0 Å². The van der Waals surface area contributed by atoms with E-state index in [-0.39, 0.29) is 0 Å². The van der Waals surface area contributed by atoms with Crippen LogP contribution in [0.3, 0.4) is 0 Å². The third kappa shape index (κ3) is 11.2. The SMILES string of the molecule is CCCCCCCCOP(=S)(S)OCC. The Morgan fingerprint density at radius 3 is 2.20 bits per heavy atom. The van der Waals surface area contributed by atoms with E-state index in [1.165, 1.54) is 32.1 Å². The zero-order chi connectivity index (χ0) is 11.6. The van der Waals surface area contributed by atoms with E-state index in [9.17, 15) is 0 Å². The third-order valence-corrected chi connectivity index (χ3v) is 4.46. The average molecular weight is 270 g/mol. The second-order valence-corrected chi connectivity index (χ2v) is 8.77. The average Bonchev–Trinajstić information content (AvgIpc) is 2.16. The number of unbranched alkanes of at least 4 members (excludes halogenated alkanes) is 5. The molecule has 15 heavy (non-hydrogen) atoms. The van der Waals surface area contributed by atoms with Gasteiger partial charge in [-0.1, -0.05) is 51.3 Å². The lowest BCUT2D eigenvalue weighted by Gasteiger charge is -2.15. The summed E-state index contributed by atoms with van der Waals surface area (Å²) in [6.45, 7) is 5.40. The van der Waals surface area contributed by atoms with E-state index in [1.807, 2.05) is 6.92 Å². The van der Waals surface area contributed by atoms with Crippen molar-refractivity contribution >= 4 is 29.7 Å². The van der Waals surface area contributed by atoms with Crippen molar-refractivity contribution in [2.45, 2.75) is 52.4 Å². The minimum Gasteiger partial charge on any atom is -0.322 e. The zero-order valence-electron chi connectivity index (χ0n) is 9.78. The van der Waals surface area contributed by atoms with Crippen molar-refractivity contribution in [3.8, 4) is 0 Å². The Bertz CT molecular complexity index is 188. The van der Waals surface area contributed by atoms with E-state index >= 15 is 0 Å². The summed E-state index contributed by atoms with van der Waals surface area (Å²) >= 11 is 9.30. The van der Waals surface area contributed by atoms with E-state index in [2.05, 4.69) is 19.2 Å². The lowest BCUT2D eigenvalue weighted by molar-refractivity contribution is 0.263. The first-order valence-corrected chi connectivity index (χ1v) is 9.53. The van der Waals surface area contributed by atoms with Gasteiger partial charge in [0, 0.05) is 0 Å². The van der Waals surface area contributed by atoms with Gasteiger partial charge in [0.15, 0.2) is 0 Å². The van der Waals surface area contributed by atoms with Crippen LogP contribution in [0.25, 0.3) is 0 Å². The first-order chi connectivity index (χ1) is 7.12. The molecule has 2 nitrogen and oxygen atoms in total. The zero-order valence-corrected chi connectivity index (χ0v) is 12.4. The van der Waals surface area contributed by atoms with Crippen LogP contribution in [0, 0.1) is 0 Å². The molecule has 0 N–H and O–H groups in total. The van der Waals surface area contributed by atoms with Crippen LogP contribution in [0.15, 0.2) is 0 Å². The van der Waals surface area contributed by atoms with Gasteiger partial charge in [-0.25, -0.2) is 0 Å². The maximum absolute atomic E-state index is 5.44. The predicted molar refractivity (Wildman–Crippen MR) is 74.2 cm³/mol. The molecule has 5 heteroatoms. The molecule has 0 aliphatic rings. The predicted octanol–water partition coefficient (Wildman–Crippen LogP) is 4.55. The van der Waals surface area contributed by atoms with E-state index < -0.39 is 5.69 Å². The molecule has 0 aliphatic heterocycles. The molecule has 0 aromatic carbocycles. The molecule has 0 heterocycles.